The minimum Gasteiger partial charge on any atom is -0.325 e. The third kappa shape index (κ3) is 2.73. The molecule has 2 N–H and O–H groups in total. The summed E-state index contributed by atoms with van der Waals surface area (Å²) < 4.78 is 0. The number of hydrogen-bond acceptors (Lipinski definition) is 2. The number of fused-ring (bicyclic) bond motifs is 1. The van der Waals surface area contributed by atoms with Crippen LogP contribution in [0.4, 0.5) is 5.69 Å². The lowest BCUT2D eigenvalue weighted by molar-refractivity contribution is -0.118. The van der Waals surface area contributed by atoms with Crippen molar-refractivity contribution in [2.24, 2.45) is 0 Å². The molecule has 20 heavy (non-hydrogen) atoms. The summed E-state index contributed by atoms with van der Waals surface area (Å²) in [5.41, 5.74) is 4.58. The van der Waals surface area contributed by atoms with Crippen LogP contribution in [-0.2, 0) is 17.8 Å². The minimum absolute atomic E-state index is 0.0309. The van der Waals surface area contributed by atoms with E-state index < -0.39 is 0 Å². The highest BCUT2D eigenvalue weighted by Gasteiger charge is 2.23. The molecule has 0 aromatic heterocycles. The lowest BCUT2D eigenvalue weighted by Crippen LogP contribution is -2.44. The van der Waals surface area contributed by atoms with Crippen LogP contribution in [0.15, 0.2) is 48.5 Å². The standard InChI is InChI=1S/C17H18N2O/c1-12-6-8-15(9-7-12)19-17(20)16-10-13-4-2-3-5-14(13)11-18-16/h2-9,16,18H,10-11H2,1H3,(H,19,20)/t16-/m0/s1. The first-order chi connectivity index (χ1) is 9.72. The number of nitrogens with one attached hydrogen (secondary N) is 2. The summed E-state index contributed by atoms with van der Waals surface area (Å²) in [5.74, 6) is 0.0309. The third-order valence-electron chi connectivity index (χ3n) is 3.72. The van der Waals surface area contributed by atoms with Crippen molar-refractivity contribution in [2.45, 2.75) is 25.9 Å². The first-order valence-electron chi connectivity index (χ1n) is 6.90. The van der Waals surface area contributed by atoms with Gasteiger partial charge in [0, 0.05) is 12.2 Å². The van der Waals surface area contributed by atoms with E-state index in [9.17, 15) is 4.79 Å². The third-order valence-corrected chi connectivity index (χ3v) is 3.72. The fraction of sp³-hybridized carbons (Fsp3) is 0.235. The Morgan fingerprint density at radius 2 is 1.80 bits per heavy atom. The maximum Gasteiger partial charge on any atom is 0.241 e. The number of anilines is 1. The van der Waals surface area contributed by atoms with Gasteiger partial charge in [-0.2, -0.15) is 0 Å². The van der Waals surface area contributed by atoms with E-state index >= 15 is 0 Å². The lowest BCUT2D eigenvalue weighted by Gasteiger charge is -2.25. The maximum atomic E-state index is 12.3. The summed E-state index contributed by atoms with van der Waals surface area (Å²) in [6, 6.07) is 16.0. The average Bonchev–Trinajstić information content (AvgIpc) is 2.49. The molecule has 1 amide bonds. The van der Waals surface area contributed by atoms with E-state index in [-0.39, 0.29) is 11.9 Å². The topological polar surface area (TPSA) is 41.1 Å². The molecule has 3 heteroatoms. The molecular formula is C17H18N2O. The van der Waals surface area contributed by atoms with Gasteiger partial charge in [-0.05, 0) is 36.6 Å². The van der Waals surface area contributed by atoms with Crippen LogP contribution in [0.1, 0.15) is 16.7 Å². The Bertz CT molecular complexity index is 619. The van der Waals surface area contributed by atoms with Crippen molar-refractivity contribution < 1.29 is 4.79 Å². The Kier molecular flexibility index (Phi) is 3.52. The summed E-state index contributed by atoms with van der Waals surface area (Å²) >= 11 is 0. The Hall–Kier alpha value is -2.13. The molecule has 3 nitrogen and oxygen atoms in total. The van der Waals surface area contributed by atoms with Gasteiger partial charge in [-0.1, -0.05) is 42.0 Å². The Morgan fingerprint density at radius 3 is 2.55 bits per heavy atom. The summed E-state index contributed by atoms with van der Waals surface area (Å²) in [5, 5.41) is 6.26. The van der Waals surface area contributed by atoms with Gasteiger partial charge in [0.25, 0.3) is 0 Å². The van der Waals surface area contributed by atoms with Gasteiger partial charge >= 0.3 is 0 Å². The van der Waals surface area contributed by atoms with Crippen molar-refractivity contribution >= 4 is 11.6 Å². The first-order valence-corrected chi connectivity index (χ1v) is 6.90. The normalized spacial score (nSPS) is 17.4. The first kappa shape index (κ1) is 12.9. The molecule has 0 saturated heterocycles. The second kappa shape index (κ2) is 5.47. The molecule has 2 aromatic carbocycles. The number of benzene rings is 2. The molecule has 2 aromatic rings. The van der Waals surface area contributed by atoms with Gasteiger partial charge in [0.1, 0.15) is 0 Å². The van der Waals surface area contributed by atoms with Gasteiger partial charge in [-0.3, -0.25) is 4.79 Å². The predicted octanol–water partition coefficient (Wildman–Crippen LogP) is 2.65. The molecule has 1 heterocycles. The number of carbonyl (C=O) groups is 1. The monoisotopic (exact) mass is 266 g/mol. The van der Waals surface area contributed by atoms with Crippen molar-refractivity contribution in [1.29, 1.82) is 0 Å². The second-order valence-electron chi connectivity index (χ2n) is 5.26. The fourth-order valence-corrected chi connectivity index (χ4v) is 2.51. The van der Waals surface area contributed by atoms with Gasteiger partial charge in [-0.15, -0.1) is 0 Å². The summed E-state index contributed by atoms with van der Waals surface area (Å²) in [4.78, 5) is 12.3. The van der Waals surface area contributed by atoms with E-state index in [1.807, 2.05) is 43.3 Å². The van der Waals surface area contributed by atoms with Crippen LogP contribution in [-0.4, -0.2) is 11.9 Å². The number of hydrogen-bond donors (Lipinski definition) is 2. The van der Waals surface area contributed by atoms with Gasteiger partial charge < -0.3 is 10.6 Å². The number of carbonyl (C=O) groups excluding carboxylic acids is 1. The molecule has 1 atom stereocenters. The zero-order valence-corrected chi connectivity index (χ0v) is 11.5. The van der Waals surface area contributed by atoms with Crippen LogP contribution in [0, 0.1) is 6.92 Å². The van der Waals surface area contributed by atoms with Crippen LogP contribution < -0.4 is 10.6 Å². The molecule has 3 rings (SSSR count). The molecule has 0 fully saturated rings. The SMILES string of the molecule is Cc1ccc(NC(=O)[C@@H]2Cc3ccccc3CN2)cc1. The van der Waals surface area contributed by atoms with Crippen molar-refractivity contribution in [3.05, 3.63) is 65.2 Å². The van der Waals surface area contributed by atoms with Gasteiger partial charge in [0.05, 0.1) is 6.04 Å². The molecule has 0 unspecified atom stereocenters. The number of amides is 1. The van der Waals surface area contributed by atoms with Crippen molar-refractivity contribution in [1.82, 2.24) is 5.32 Å². The molecule has 0 saturated carbocycles. The van der Waals surface area contributed by atoms with Crippen LogP contribution in [0.3, 0.4) is 0 Å². The molecule has 1 aliphatic heterocycles. The largest absolute Gasteiger partial charge is 0.325 e. The van der Waals surface area contributed by atoms with E-state index in [1.165, 1.54) is 16.7 Å². The Labute approximate surface area is 119 Å². The summed E-state index contributed by atoms with van der Waals surface area (Å²) in [6.07, 6.45) is 0.744. The molecule has 0 bridgehead atoms. The average molecular weight is 266 g/mol. The predicted molar refractivity (Wildman–Crippen MR) is 80.6 cm³/mol. The van der Waals surface area contributed by atoms with E-state index in [1.54, 1.807) is 0 Å². The summed E-state index contributed by atoms with van der Waals surface area (Å²) in [7, 11) is 0. The molecule has 0 radical (unpaired) electrons. The van der Waals surface area contributed by atoms with Crippen molar-refractivity contribution in [2.75, 3.05) is 5.32 Å². The summed E-state index contributed by atoms with van der Waals surface area (Å²) in [6.45, 7) is 2.79. The zero-order chi connectivity index (χ0) is 13.9. The van der Waals surface area contributed by atoms with Crippen LogP contribution in [0.25, 0.3) is 0 Å². The van der Waals surface area contributed by atoms with E-state index in [0.717, 1.165) is 18.7 Å². The van der Waals surface area contributed by atoms with E-state index in [4.69, 9.17) is 0 Å². The van der Waals surface area contributed by atoms with Gasteiger partial charge in [0.15, 0.2) is 0 Å². The Balaban J connectivity index is 1.68. The second-order valence-corrected chi connectivity index (χ2v) is 5.26. The van der Waals surface area contributed by atoms with Crippen LogP contribution >= 0.6 is 0 Å². The molecule has 102 valence electrons. The Morgan fingerprint density at radius 1 is 1.10 bits per heavy atom. The molecular weight excluding hydrogens is 248 g/mol. The number of rotatable bonds is 2. The molecule has 1 aliphatic rings. The highest BCUT2D eigenvalue weighted by atomic mass is 16.2. The minimum atomic E-state index is -0.161. The van der Waals surface area contributed by atoms with Crippen LogP contribution in [0.2, 0.25) is 0 Å². The van der Waals surface area contributed by atoms with E-state index in [2.05, 4.69) is 22.8 Å². The maximum absolute atomic E-state index is 12.3. The van der Waals surface area contributed by atoms with Gasteiger partial charge in [-0.25, -0.2) is 0 Å². The van der Waals surface area contributed by atoms with Crippen molar-refractivity contribution in [3.63, 3.8) is 0 Å². The molecule has 0 spiro atoms. The highest BCUT2D eigenvalue weighted by Crippen LogP contribution is 2.17. The molecule has 0 aliphatic carbocycles. The zero-order valence-electron chi connectivity index (χ0n) is 11.5. The van der Waals surface area contributed by atoms with E-state index in [0.29, 0.717) is 0 Å². The quantitative estimate of drug-likeness (QED) is 0.877. The number of aryl methyl sites for hydroxylation is 1. The van der Waals surface area contributed by atoms with Crippen LogP contribution in [0.5, 0.6) is 0 Å². The van der Waals surface area contributed by atoms with Crippen molar-refractivity contribution in [3.8, 4) is 0 Å². The highest BCUT2D eigenvalue weighted by molar-refractivity contribution is 5.95. The fourth-order valence-electron chi connectivity index (χ4n) is 2.51. The lowest BCUT2D eigenvalue weighted by atomic mass is 9.95. The smallest absolute Gasteiger partial charge is 0.241 e. The van der Waals surface area contributed by atoms with Gasteiger partial charge in [0.2, 0.25) is 5.91 Å².